The Balaban J connectivity index is 2.02. The molecule has 0 amide bonds. The molecule has 132 valence electrons. The summed E-state index contributed by atoms with van der Waals surface area (Å²) in [6.45, 7) is 5.92. The average Bonchev–Trinajstić information content (AvgIpc) is 3.07. The van der Waals surface area contributed by atoms with Crippen molar-refractivity contribution in [2.45, 2.75) is 31.3 Å². The summed E-state index contributed by atoms with van der Waals surface area (Å²) in [6, 6.07) is 9.39. The minimum absolute atomic E-state index is 0.106. The summed E-state index contributed by atoms with van der Waals surface area (Å²) in [5, 5.41) is 10.3. The number of sulfonamides is 1. The zero-order valence-electron chi connectivity index (χ0n) is 14.0. The number of furan rings is 1. The molecule has 2 N–H and O–H groups in total. The average molecular weight is 353 g/mol. The van der Waals surface area contributed by atoms with E-state index in [1.807, 2.05) is 13.8 Å². The zero-order valence-corrected chi connectivity index (χ0v) is 14.8. The molecule has 0 aliphatic carbocycles. The second-order valence-corrected chi connectivity index (χ2v) is 8.02. The van der Waals surface area contributed by atoms with Crippen LogP contribution in [0.25, 0.3) is 0 Å². The first-order chi connectivity index (χ1) is 11.2. The van der Waals surface area contributed by atoms with Gasteiger partial charge in [-0.15, -0.1) is 0 Å². The number of aliphatic hydroxyl groups is 1. The highest BCUT2D eigenvalue weighted by Crippen LogP contribution is 2.21. The summed E-state index contributed by atoms with van der Waals surface area (Å²) in [5.74, 6) is 1.30. The van der Waals surface area contributed by atoms with E-state index in [-0.39, 0.29) is 11.4 Å². The van der Waals surface area contributed by atoms with Crippen molar-refractivity contribution >= 4 is 10.0 Å². The number of hydrogen-bond donors (Lipinski definition) is 2. The molecule has 0 bridgehead atoms. The largest absolute Gasteiger partial charge is 0.493 e. The highest BCUT2D eigenvalue weighted by molar-refractivity contribution is 7.89. The lowest BCUT2D eigenvalue weighted by Gasteiger charge is -2.21. The highest BCUT2D eigenvalue weighted by atomic mass is 32.2. The predicted octanol–water partition coefficient (Wildman–Crippen LogP) is 2.50. The Morgan fingerprint density at radius 2 is 1.92 bits per heavy atom. The monoisotopic (exact) mass is 353 g/mol. The summed E-state index contributed by atoms with van der Waals surface area (Å²) in [7, 11) is -3.74. The topological polar surface area (TPSA) is 88.8 Å². The van der Waals surface area contributed by atoms with Crippen molar-refractivity contribution in [2.24, 2.45) is 5.92 Å². The third-order valence-electron chi connectivity index (χ3n) is 3.38. The van der Waals surface area contributed by atoms with E-state index in [1.165, 1.54) is 25.3 Å². The van der Waals surface area contributed by atoms with Gasteiger partial charge >= 0.3 is 0 Å². The van der Waals surface area contributed by atoms with Crippen LogP contribution in [0.3, 0.4) is 0 Å². The molecule has 2 rings (SSSR count). The zero-order chi connectivity index (χ0) is 17.8. The van der Waals surface area contributed by atoms with Gasteiger partial charge in [-0.05, 0) is 49.2 Å². The quantitative estimate of drug-likeness (QED) is 0.761. The van der Waals surface area contributed by atoms with E-state index in [2.05, 4.69) is 4.72 Å². The summed E-state index contributed by atoms with van der Waals surface area (Å²) in [4.78, 5) is 0.106. The Kier molecular flexibility index (Phi) is 5.69. The van der Waals surface area contributed by atoms with Gasteiger partial charge in [-0.2, -0.15) is 0 Å². The first kappa shape index (κ1) is 18.5. The van der Waals surface area contributed by atoms with Gasteiger partial charge in [0.05, 0.1) is 17.8 Å². The normalized spacial score (nSPS) is 14.5. The second kappa shape index (κ2) is 7.38. The van der Waals surface area contributed by atoms with Crippen LogP contribution in [-0.4, -0.2) is 26.7 Å². The van der Waals surface area contributed by atoms with Crippen LogP contribution >= 0.6 is 0 Å². The molecule has 0 radical (unpaired) electrons. The van der Waals surface area contributed by atoms with Crippen molar-refractivity contribution in [3.63, 3.8) is 0 Å². The molecule has 2 aromatic rings. The van der Waals surface area contributed by atoms with Crippen molar-refractivity contribution in [3.05, 3.63) is 48.4 Å². The maximum absolute atomic E-state index is 12.3. The van der Waals surface area contributed by atoms with Gasteiger partial charge in [-0.1, -0.05) is 13.8 Å². The van der Waals surface area contributed by atoms with E-state index < -0.39 is 15.6 Å². The van der Waals surface area contributed by atoms with Gasteiger partial charge in [0.25, 0.3) is 0 Å². The van der Waals surface area contributed by atoms with Crippen molar-refractivity contribution in [2.75, 3.05) is 13.2 Å². The van der Waals surface area contributed by atoms with E-state index in [9.17, 15) is 13.5 Å². The minimum atomic E-state index is -3.74. The molecule has 24 heavy (non-hydrogen) atoms. The summed E-state index contributed by atoms with van der Waals surface area (Å²) >= 11 is 0. The van der Waals surface area contributed by atoms with Gasteiger partial charge in [0, 0.05) is 6.54 Å². The molecule has 1 aromatic carbocycles. The van der Waals surface area contributed by atoms with Crippen LogP contribution in [0.1, 0.15) is 26.5 Å². The fraction of sp³-hybridized carbons (Fsp3) is 0.412. The van der Waals surface area contributed by atoms with Crippen molar-refractivity contribution < 1.29 is 22.7 Å². The summed E-state index contributed by atoms with van der Waals surface area (Å²) in [5.41, 5.74) is -1.43. The SMILES string of the molecule is CC(C)COc1ccc(S(=O)(=O)NC[C@@](C)(O)c2ccco2)cc1. The van der Waals surface area contributed by atoms with E-state index >= 15 is 0 Å². The summed E-state index contributed by atoms with van der Waals surface area (Å²) in [6.07, 6.45) is 1.42. The lowest BCUT2D eigenvalue weighted by Crippen LogP contribution is -2.38. The van der Waals surface area contributed by atoms with E-state index in [1.54, 1.807) is 24.3 Å². The molecule has 0 aliphatic rings. The third kappa shape index (κ3) is 4.83. The first-order valence-electron chi connectivity index (χ1n) is 7.69. The molecule has 1 heterocycles. The Hall–Kier alpha value is -1.83. The molecule has 0 saturated carbocycles. The number of rotatable bonds is 8. The molecule has 0 saturated heterocycles. The van der Waals surface area contributed by atoms with Crippen LogP contribution in [-0.2, 0) is 15.6 Å². The fourth-order valence-electron chi connectivity index (χ4n) is 1.97. The van der Waals surface area contributed by atoms with Gasteiger partial charge in [0.1, 0.15) is 17.1 Å². The minimum Gasteiger partial charge on any atom is -0.493 e. The number of nitrogens with one attached hydrogen (secondary N) is 1. The van der Waals surface area contributed by atoms with Crippen LogP contribution < -0.4 is 9.46 Å². The first-order valence-corrected chi connectivity index (χ1v) is 9.18. The summed E-state index contributed by atoms with van der Waals surface area (Å²) < 4.78 is 37.7. The lowest BCUT2D eigenvalue weighted by atomic mass is 10.1. The van der Waals surface area contributed by atoms with Crippen LogP contribution in [0, 0.1) is 5.92 Å². The Labute approximate surface area is 142 Å². The van der Waals surface area contributed by atoms with Crippen LogP contribution in [0.5, 0.6) is 5.75 Å². The van der Waals surface area contributed by atoms with Crippen LogP contribution in [0.15, 0.2) is 52.0 Å². The maximum Gasteiger partial charge on any atom is 0.240 e. The van der Waals surface area contributed by atoms with E-state index in [0.29, 0.717) is 24.0 Å². The molecular formula is C17H23NO5S. The molecular weight excluding hydrogens is 330 g/mol. The second-order valence-electron chi connectivity index (χ2n) is 6.25. The number of ether oxygens (including phenoxy) is 1. The molecule has 1 aromatic heterocycles. The van der Waals surface area contributed by atoms with Crippen LogP contribution in [0.4, 0.5) is 0 Å². The van der Waals surface area contributed by atoms with Crippen molar-refractivity contribution in [3.8, 4) is 5.75 Å². The van der Waals surface area contributed by atoms with Gasteiger partial charge in [-0.3, -0.25) is 0 Å². The fourth-order valence-corrected chi connectivity index (χ4v) is 3.10. The Morgan fingerprint density at radius 1 is 1.25 bits per heavy atom. The lowest BCUT2D eigenvalue weighted by molar-refractivity contribution is 0.0395. The van der Waals surface area contributed by atoms with Gasteiger partial charge in [0.2, 0.25) is 10.0 Å². The van der Waals surface area contributed by atoms with E-state index in [4.69, 9.17) is 9.15 Å². The molecule has 1 atom stereocenters. The molecule has 0 spiro atoms. The Bertz CT molecular complexity index is 734. The van der Waals surface area contributed by atoms with Gasteiger partial charge in [0.15, 0.2) is 0 Å². The number of hydrogen-bond acceptors (Lipinski definition) is 5. The van der Waals surface area contributed by atoms with E-state index in [0.717, 1.165) is 0 Å². The van der Waals surface area contributed by atoms with Crippen molar-refractivity contribution in [1.29, 1.82) is 0 Å². The van der Waals surface area contributed by atoms with Gasteiger partial charge < -0.3 is 14.3 Å². The van der Waals surface area contributed by atoms with Crippen LogP contribution in [0.2, 0.25) is 0 Å². The molecule has 7 heteroatoms. The third-order valence-corrected chi connectivity index (χ3v) is 4.79. The van der Waals surface area contributed by atoms with Gasteiger partial charge in [-0.25, -0.2) is 13.1 Å². The standard InChI is InChI=1S/C17H23NO5S/c1-13(2)11-23-14-6-8-15(9-7-14)24(20,21)18-12-17(3,19)16-5-4-10-22-16/h4-10,13,18-19H,11-12H2,1-3H3/t17-/m1/s1. The molecule has 6 nitrogen and oxygen atoms in total. The molecule has 0 unspecified atom stereocenters. The smallest absolute Gasteiger partial charge is 0.240 e. The Morgan fingerprint density at radius 3 is 2.46 bits per heavy atom. The number of benzene rings is 1. The molecule has 0 aliphatic heterocycles. The predicted molar refractivity (Wildman–Crippen MR) is 90.2 cm³/mol. The molecule has 0 fully saturated rings. The highest BCUT2D eigenvalue weighted by Gasteiger charge is 2.28. The maximum atomic E-state index is 12.3. The van der Waals surface area contributed by atoms with Crippen molar-refractivity contribution in [1.82, 2.24) is 4.72 Å².